The van der Waals surface area contributed by atoms with Crippen molar-refractivity contribution in [1.29, 1.82) is 0 Å². The van der Waals surface area contributed by atoms with Gasteiger partial charge in [0.25, 0.3) is 0 Å². The number of phenols is 1. The number of hydrogen-bond donors (Lipinski definition) is 2. The third-order valence-corrected chi connectivity index (χ3v) is 4.39. The molecule has 1 aromatic carbocycles. The molecule has 0 unspecified atom stereocenters. The summed E-state index contributed by atoms with van der Waals surface area (Å²) in [5.74, 6) is -0.111. The van der Waals surface area contributed by atoms with E-state index in [0.717, 1.165) is 12.8 Å². The van der Waals surface area contributed by atoms with Crippen molar-refractivity contribution in [2.45, 2.75) is 24.7 Å². The van der Waals surface area contributed by atoms with E-state index in [4.69, 9.17) is 5.73 Å². The minimum atomic E-state index is -3.51. The quantitative estimate of drug-likeness (QED) is 0.617. The fourth-order valence-electron chi connectivity index (χ4n) is 1.37. The molecule has 0 saturated carbocycles. The molecule has 1 aromatic rings. The van der Waals surface area contributed by atoms with Crippen molar-refractivity contribution in [3.05, 3.63) is 18.2 Å². The highest BCUT2D eigenvalue weighted by Crippen LogP contribution is 2.24. The van der Waals surface area contributed by atoms with E-state index in [0.29, 0.717) is 6.54 Å². The summed E-state index contributed by atoms with van der Waals surface area (Å²) >= 11 is 0. The molecular weight excluding hydrogens is 240 g/mol. The third-order valence-electron chi connectivity index (χ3n) is 2.53. The number of sulfonamides is 1. The summed E-state index contributed by atoms with van der Waals surface area (Å²) < 4.78 is 25.5. The number of aromatic hydroxyl groups is 1. The molecule has 5 nitrogen and oxygen atoms in total. The first kappa shape index (κ1) is 13.8. The van der Waals surface area contributed by atoms with Gasteiger partial charge in [-0.1, -0.05) is 13.3 Å². The zero-order valence-corrected chi connectivity index (χ0v) is 10.9. The highest BCUT2D eigenvalue weighted by Gasteiger charge is 2.20. The summed E-state index contributed by atoms with van der Waals surface area (Å²) in [5, 5.41) is 9.26. The number of benzene rings is 1. The number of anilines is 1. The molecular formula is C11H18N2O3S. The van der Waals surface area contributed by atoms with Gasteiger partial charge in [0.2, 0.25) is 10.0 Å². The van der Waals surface area contributed by atoms with E-state index < -0.39 is 10.0 Å². The molecule has 0 aliphatic rings. The predicted molar refractivity (Wildman–Crippen MR) is 67.2 cm³/mol. The van der Waals surface area contributed by atoms with Crippen molar-refractivity contribution in [3.8, 4) is 5.75 Å². The molecule has 0 saturated heterocycles. The molecule has 0 fully saturated rings. The van der Waals surface area contributed by atoms with Gasteiger partial charge in [-0.2, -0.15) is 0 Å². The minimum absolute atomic E-state index is 0.0648. The molecule has 0 heterocycles. The maximum absolute atomic E-state index is 12.1. The molecule has 0 aliphatic heterocycles. The van der Waals surface area contributed by atoms with Crippen LogP contribution >= 0.6 is 0 Å². The van der Waals surface area contributed by atoms with Crippen molar-refractivity contribution in [3.63, 3.8) is 0 Å². The molecule has 0 atom stereocenters. The SMILES string of the molecule is CCCCN(C)S(=O)(=O)c1ccc(O)c(N)c1. The molecule has 0 radical (unpaired) electrons. The number of rotatable bonds is 5. The van der Waals surface area contributed by atoms with Crippen LogP contribution in [0.4, 0.5) is 5.69 Å². The number of nitrogen functional groups attached to an aromatic ring is 1. The van der Waals surface area contributed by atoms with Crippen LogP contribution < -0.4 is 5.73 Å². The van der Waals surface area contributed by atoms with Gasteiger partial charge in [0.1, 0.15) is 5.75 Å². The first-order valence-corrected chi connectivity index (χ1v) is 6.88. The Morgan fingerprint density at radius 3 is 2.59 bits per heavy atom. The van der Waals surface area contributed by atoms with Crippen LogP contribution in [0, 0.1) is 0 Å². The lowest BCUT2D eigenvalue weighted by molar-refractivity contribution is 0.458. The van der Waals surface area contributed by atoms with Crippen LogP contribution in [0.2, 0.25) is 0 Å². The predicted octanol–water partition coefficient (Wildman–Crippen LogP) is 1.40. The summed E-state index contributed by atoms with van der Waals surface area (Å²) in [5.41, 5.74) is 5.55. The Labute approximate surface area is 102 Å². The average molecular weight is 258 g/mol. The Kier molecular flexibility index (Phi) is 4.36. The summed E-state index contributed by atoms with van der Waals surface area (Å²) in [6, 6.07) is 3.91. The maximum atomic E-state index is 12.1. The van der Waals surface area contributed by atoms with Crippen molar-refractivity contribution >= 4 is 15.7 Å². The van der Waals surface area contributed by atoms with Gasteiger partial charge in [0.15, 0.2) is 0 Å². The average Bonchev–Trinajstić information content (AvgIpc) is 2.29. The Morgan fingerprint density at radius 1 is 1.41 bits per heavy atom. The third kappa shape index (κ3) is 3.10. The number of phenolic OH excluding ortho intramolecular Hbond substituents is 1. The highest BCUT2D eigenvalue weighted by atomic mass is 32.2. The van der Waals surface area contributed by atoms with Gasteiger partial charge in [-0.15, -0.1) is 0 Å². The normalized spacial score (nSPS) is 11.9. The van der Waals surface area contributed by atoms with E-state index in [-0.39, 0.29) is 16.3 Å². The number of unbranched alkanes of at least 4 members (excludes halogenated alkanes) is 1. The monoisotopic (exact) mass is 258 g/mol. The molecule has 1 rings (SSSR count). The second-order valence-electron chi connectivity index (χ2n) is 3.90. The molecule has 17 heavy (non-hydrogen) atoms. The van der Waals surface area contributed by atoms with E-state index in [1.807, 2.05) is 6.92 Å². The van der Waals surface area contributed by atoms with Gasteiger partial charge in [-0.3, -0.25) is 0 Å². The van der Waals surface area contributed by atoms with Gasteiger partial charge in [-0.25, -0.2) is 12.7 Å². The molecule has 0 bridgehead atoms. The molecule has 0 spiro atoms. The molecule has 0 aromatic heterocycles. The van der Waals surface area contributed by atoms with Crippen LogP contribution in [-0.2, 0) is 10.0 Å². The van der Waals surface area contributed by atoms with E-state index in [2.05, 4.69) is 0 Å². The Hall–Kier alpha value is -1.27. The van der Waals surface area contributed by atoms with Gasteiger partial charge < -0.3 is 10.8 Å². The van der Waals surface area contributed by atoms with Crippen LogP contribution in [0.3, 0.4) is 0 Å². The van der Waals surface area contributed by atoms with E-state index in [1.165, 1.54) is 29.6 Å². The number of nitrogens with two attached hydrogens (primary N) is 1. The topological polar surface area (TPSA) is 83.6 Å². The minimum Gasteiger partial charge on any atom is -0.506 e. The Bertz CT molecular complexity index is 485. The number of hydrogen-bond acceptors (Lipinski definition) is 4. The summed E-state index contributed by atoms with van der Waals surface area (Å²) in [7, 11) is -1.97. The molecule has 6 heteroatoms. The van der Waals surface area contributed by atoms with Gasteiger partial charge in [0.05, 0.1) is 10.6 Å². The first-order valence-electron chi connectivity index (χ1n) is 5.44. The Balaban J connectivity index is 3.00. The van der Waals surface area contributed by atoms with Gasteiger partial charge in [0, 0.05) is 13.6 Å². The van der Waals surface area contributed by atoms with E-state index in [9.17, 15) is 13.5 Å². The lowest BCUT2D eigenvalue weighted by Gasteiger charge is -2.17. The summed E-state index contributed by atoms with van der Waals surface area (Å²) in [6.07, 6.45) is 1.74. The van der Waals surface area contributed by atoms with Crippen molar-refractivity contribution < 1.29 is 13.5 Å². The lowest BCUT2D eigenvalue weighted by atomic mass is 10.3. The zero-order valence-electron chi connectivity index (χ0n) is 10.0. The highest BCUT2D eigenvalue weighted by molar-refractivity contribution is 7.89. The van der Waals surface area contributed by atoms with Crippen LogP contribution in [0.1, 0.15) is 19.8 Å². The van der Waals surface area contributed by atoms with Crippen molar-refractivity contribution in [1.82, 2.24) is 4.31 Å². The zero-order chi connectivity index (χ0) is 13.1. The van der Waals surface area contributed by atoms with Gasteiger partial charge in [-0.05, 0) is 24.6 Å². The van der Waals surface area contributed by atoms with Crippen LogP contribution in [0.15, 0.2) is 23.1 Å². The standard InChI is InChI=1S/C11H18N2O3S/c1-3-4-7-13(2)17(15,16)9-5-6-11(14)10(12)8-9/h5-6,8,14H,3-4,7,12H2,1-2H3. The second-order valence-corrected chi connectivity index (χ2v) is 5.95. The van der Waals surface area contributed by atoms with Crippen LogP contribution in [0.25, 0.3) is 0 Å². The fraction of sp³-hybridized carbons (Fsp3) is 0.455. The maximum Gasteiger partial charge on any atom is 0.242 e. The van der Waals surface area contributed by atoms with Crippen LogP contribution in [-0.4, -0.2) is 31.4 Å². The van der Waals surface area contributed by atoms with Crippen molar-refractivity contribution in [2.75, 3.05) is 19.3 Å². The van der Waals surface area contributed by atoms with Crippen molar-refractivity contribution in [2.24, 2.45) is 0 Å². The first-order chi connectivity index (χ1) is 7.89. The lowest BCUT2D eigenvalue weighted by Crippen LogP contribution is -2.27. The van der Waals surface area contributed by atoms with Crippen LogP contribution in [0.5, 0.6) is 5.75 Å². The molecule has 96 valence electrons. The smallest absolute Gasteiger partial charge is 0.242 e. The second kappa shape index (κ2) is 5.37. The molecule has 3 N–H and O–H groups in total. The fourth-order valence-corrected chi connectivity index (χ4v) is 2.62. The Morgan fingerprint density at radius 2 is 2.06 bits per heavy atom. The molecule has 0 amide bonds. The summed E-state index contributed by atoms with van der Waals surface area (Å²) in [6.45, 7) is 2.47. The largest absolute Gasteiger partial charge is 0.506 e. The van der Waals surface area contributed by atoms with E-state index in [1.54, 1.807) is 0 Å². The van der Waals surface area contributed by atoms with E-state index >= 15 is 0 Å². The molecule has 0 aliphatic carbocycles. The van der Waals surface area contributed by atoms with Gasteiger partial charge >= 0.3 is 0 Å². The summed E-state index contributed by atoms with van der Waals surface area (Å²) in [4.78, 5) is 0.103. The number of nitrogens with zero attached hydrogens (tertiary/aromatic N) is 1.